The van der Waals surface area contributed by atoms with Gasteiger partial charge >= 0.3 is 0 Å². The maximum Gasteiger partial charge on any atom is 0.270 e. The second-order valence-corrected chi connectivity index (χ2v) is 3.75. The lowest BCUT2D eigenvalue weighted by molar-refractivity contribution is 1.26. The van der Waals surface area contributed by atoms with Gasteiger partial charge in [0.25, 0.3) is 5.70 Å². The molecule has 3 rings (SSSR count). The molecular formula is C14H6N4. The zero-order valence-electron chi connectivity index (χ0n) is 9.25. The van der Waals surface area contributed by atoms with Crippen LogP contribution in [0.4, 0.5) is 0 Å². The van der Waals surface area contributed by atoms with Crippen LogP contribution in [0.25, 0.3) is 21.8 Å². The van der Waals surface area contributed by atoms with Gasteiger partial charge < -0.3 is 0 Å². The molecule has 0 spiro atoms. The monoisotopic (exact) mass is 230 g/mol. The smallest absolute Gasteiger partial charge is 0.254 e. The molecule has 0 amide bonds. The molecule has 82 valence electrons. The third-order valence-corrected chi connectivity index (χ3v) is 2.83. The largest absolute Gasteiger partial charge is 0.270 e. The van der Waals surface area contributed by atoms with Crippen molar-refractivity contribution in [2.75, 3.05) is 0 Å². The average Bonchev–Trinajstić information content (AvgIpc) is 2.76. The second kappa shape index (κ2) is 3.80. The molecule has 0 N–H and O–H groups in total. The van der Waals surface area contributed by atoms with Crippen molar-refractivity contribution >= 4 is 5.57 Å². The molecule has 4 nitrogen and oxygen atoms in total. The standard InChI is InChI=1S/C14H6N4/c1-16-11(8-15)12-9-4-2-6-17-13(9)14-10(12)5-3-7-18-14/h2-7H. The van der Waals surface area contributed by atoms with Crippen molar-refractivity contribution in [1.82, 2.24) is 9.97 Å². The number of hydrogen-bond donors (Lipinski definition) is 0. The first-order chi connectivity index (χ1) is 8.86. The molecule has 2 heterocycles. The Labute approximate surface area is 104 Å². The first kappa shape index (κ1) is 10.2. The molecule has 2 aromatic rings. The molecule has 2 aromatic heterocycles. The fourth-order valence-electron chi connectivity index (χ4n) is 2.13. The zero-order chi connectivity index (χ0) is 12.5. The fourth-order valence-corrected chi connectivity index (χ4v) is 2.13. The number of nitrogens with zero attached hydrogens (tertiary/aromatic N) is 4. The maximum atomic E-state index is 9.08. The van der Waals surface area contributed by atoms with E-state index in [9.17, 15) is 0 Å². The Morgan fingerprint density at radius 1 is 1.11 bits per heavy atom. The van der Waals surface area contributed by atoms with Crippen molar-refractivity contribution in [3.63, 3.8) is 0 Å². The van der Waals surface area contributed by atoms with E-state index in [-0.39, 0.29) is 5.70 Å². The van der Waals surface area contributed by atoms with Crippen molar-refractivity contribution in [2.24, 2.45) is 0 Å². The van der Waals surface area contributed by atoms with E-state index in [0.29, 0.717) is 5.57 Å². The molecule has 0 atom stereocenters. The molecule has 0 saturated carbocycles. The van der Waals surface area contributed by atoms with Gasteiger partial charge in [0.05, 0.1) is 24.0 Å². The van der Waals surface area contributed by atoms with Crippen molar-refractivity contribution in [2.45, 2.75) is 0 Å². The zero-order valence-corrected chi connectivity index (χ0v) is 9.25. The summed E-state index contributed by atoms with van der Waals surface area (Å²) in [5.74, 6) is 0. The number of pyridine rings is 2. The van der Waals surface area contributed by atoms with Crippen LogP contribution in [-0.2, 0) is 0 Å². The quantitative estimate of drug-likeness (QED) is 0.440. The van der Waals surface area contributed by atoms with E-state index in [2.05, 4.69) is 14.8 Å². The van der Waals surface area contributed by atoms with Gasteiger partial charge in [0, 0.05) is 29.1 Å². The molecule has 0 aromatic carbocycles. The van der Waals surface area contributed by atoms with Crippen LogP contribution in [0.2, 0.25) is 0 Å². The Morgan fingerprint density at radius 3 is 2.11 bits per heavy atom. The molecule has 1 aliphatic rings. The van der Waals surface area contributed by atoms with Gasteiger partial charge in [0.1, 0.15) is 0 Å². The molecule has 0 unspecified atom stereocenters. The Hall–Kier alpha value is -2.98. The van der Waals surface area contributed by atoms with Gasteiger partial charge in [-0.15, -0.1) is 0 Å². The topological polar surface area (TPSA) is 53.9 Å². The van der Waals surface area contributed by atoms with E-state index in [1.165, 1.54) is 0 Å². The molecule has 1 aliphatic carbocycles. The van der Waals surface area contributed by atoms with Gasteiger partial charge in [-0.05, 0) is 12.1 Å². The van der Waals surface area contributed by atoms with Gasteiger partial charge in [-0.2, -0.15) is 0 Å². The molecule has 0 saturated heterocycles. The minimum atomic E-state index is 0.0796. The third kappa shape index (κ3) is 1.24. The van der Waals surface area contributed by atoms with Crippen molar-refractivity contribution < 1.29 is 0 Å². The van der Waals surface area contributed by atoms with E-state index in [1.807, 2.05) is 18.2 Å². The normalized spacial score (nSPS) is 11.1. The summed E-state index contributed by atoms with van der Waals surface area (Å²) < 4.78 is 0. The summed E-state index contributed by atoms with van der Waals surface area (Å²) in [6.45, 7) is 7.11. The minimum Gasteiger partial charge on any atom is -0.254 e. The van der Waals surface area contributed by atoms with E-state index >= 15 is 0 Å². The summed E-state index contributed by atoms with van der Waals surface area (Å²) >= 11 is 0. The van der Waals surface area contributed by atoms with Crippen LogP contribution >= 0.6 is 0 Å². The van der Waals surface area contributed by atoms with Crippen molar-refractivity contribution in [3.05, 3.63) is 64.9 Å². The van der Waals surface area contributed by atoms with E-state index < -0.39 is 0 Å². The third-order valence-electron chi connectivity index (χ3n) is 2.83. The summed E-state index contributed by atoms with van der Waals surface area (Å²) in [4.78, 5) is 11.9. The first-order valence-electron chi connectivity index (χ1n) is 5.30. The second-order valence-electron chi connectivity index (χ2n) is 3.75. The Kier molecular flexibility index (Phi) is 2.15. The highest BCUT2D eigenvalue weighted by Crippen LogP contribution is 2.42. The Morgan fingerprint density at radius 2 is 1.67 bits per heavy atom. The lowest BCUT2D eigenvalue weighted by Crippen LogP contribution is -1.86. The number of allylic oxidation sites excluding steroid dienone is 1. The summed E-state index contributed by atoms with van der Waals surface area (Å²) in [7, 11) is 0. The van der Waals surface area contributed by atoms with Crippen molar-refractivity contribution in [1.29, 1.82) is 5.26 Å². The van der Waals surface area contributed by atoms with Gasteiger partial charge in [-0.25, -0.2) is 10.1 Å². The lowest BCUT2D eigenvalue weighted by Gasteiger charge is -2.00. The molecule has 0 fully saturated rings. The van der Waals surface area contributed by atoms with E-state index in [4.69, 9.17) is 11.8 Å². The molecule has 18 heavy (non-hydrogen) atoms. The van der Waals surface area contributed by atoms with Gasteiger partial charge in [0.2, 0.25) is 0 Å². The summed E-state index contributed by atoms with van der Waals surface area (Å²) in [5.41, 5.74) is 3.80. The first-order valence-corrected chi connectivity index (χ1v) is 5.30. The lowest BCUT2D eigenvalue weighted by atomic mass is 10.0. The van der Waals surface area contributed by atoms with E-state index in [1.54, 1.807) is 24.5 Å². The average molecular weight is 230 g/mol. The SMILES string of the molecule is [C-]#[N+]C(C#N)=C1c2cccnc2-c2ncccc21. The fraction of sp³-hybridized carbons (Fsp3) is 0. The van der Waals surface area contributed by atoms with Crippen LogP contribution < -0.4 is 0 Å². The predicted octanol–water partition coefficient (Wildman–Crippen LogP) is 2.66. The number of fused-ring (bicyclic) bond motifs is 3. The summed E-state index contributed by atoms with van der Waals surface area (Å²) in [6.07, 6.45) is 3.37. The van der Waals surface area contributed by atoms with Crippen molar-refractivity contribution in [3.8, 4) is 17.5 Å². The molecule has 0 aliphatic heterocycles. The van der Waals surface area contributed by atoms with Gasteiger partial charge in [-0.3, -0.25) is 9.97 Å². The maximum absolute atomic E-state index is 9.08. The minimum absolute atomic E-state index is 0.0796. The number of nitriles is 1. The van der Waals surface area contributed by atoms with Crippen LogP contribution in [0, 0.1) is 17.9 Å². The van der Waals surface area contributed by atoms with Crippen LogP contribution in [0.15, 0.2) is 42.4 Å². The molecule has 0 radical (unpaired) electrons. The van der Waals surface area contributed by atoms with Crippen LogP contribution in [-0.4, -0.2) is 9.97 Å². The number of rotatable bonds is 0. The summed E-state index contributed by atoms with van der Waals surface area (Å²) in [5, 5.41) is 9.08. The predicted molar refractivity (Wildman–Crippen MR) is 65.7 cm³/mol. The highest BCUT2D eigenvalue weighted by Gasteiger charge is 2.27. The van der Waals surface area contributed by atoms with Crippen LogP contribution in [0.1, 0.15) is 11.1 Å². The van der Waals surface area contributed by atoms with Crippen LogP contribution in [0.3, 0.4) is 0 Å². The van der Waals surface area contributed by atoms with E-state index in [0.717, 1.165) is 22.5 Å². The number of aromatic nitrogens is 2. The Balaban J connectivity index is 2.47. The van der Waals surface area contributed by atoms with Gasteiger partial charge in [0.15, 0.2) is 0 Å². The van der Waals surface area contributed by atoms with Gasteiger partial charge in [-0.1, -0.05) is 12.1 Å². The highest BCUT2D eigenvalue weighted by molar-refractivity contribution is 6.00. The number of hydrogen-bond acceptors (Lipinski definition) is 3. The Bertz CT molecular complexity index is 696. The molecule has 0 bridgehead atoms. The summed E-state index contributed by atoms with van der Waals surface area (Å²) in [6, 6.07) is 9.26. The molecular weight excluding hydrogens is 224 g/mol. The molecule has 4 heteroatoms. The highest BCUT2D eigenvalue weighted by atomic mass is 14.8. The van der Waals surface area contributed by atoms with Crippen LogP contribution in [0.5, 0.6) is 0 Å².